The van der Waals surface area contributed by atoms with Crippen LogP contribution in [0.15, 0.2) is 47.8 Å². The third kappa shape index (κ3) is 2.88. The Balaban J connectivity index is 2.12. The lowest BCUT2D eigenvalue weighted by molar-refractivity contribution is 0.0941. The number of nitrogens with zero attached hydrogens (tertiary/aromatic N) is 1. The van der Waals surface area contributed by atoms with Crippen LogP contribution in [0.25, 0.3) is 21.5 Å². The van der Waals surface area contributed by atoms with E-state index >= 15 is 0 Å². The predicted molar refractivity (Wildman–Crippen MR) is 92.3 cm³/mol. The number of para-hydroxylation sites is 1. The first-order valence-corrected chi connectivity index (χ1v) is 8.31. The summed E-state index contributed by atoms with van der Waals surface area (Å²) >= 11 is 1.63. The summed E-state index contributed by atoms with van der Waals surface area (Å²) in [5, 5.41) is 5.96. The molecule has 3 rings (SSSR count). The van der Waals surface area contributed by atoms with Crippen molar-refractivity contribution in [3.63, 3.8) is 0 Å². The summed E-state index contributed by atoms with van der Waals surface area (Å²) in [7, 11) is 0. The largest absolute Gasteiger partial charge is 0.350 e. The standard InChI is InChI=1S/C18H18N2OS/c1-3-12(2)19-18(21)14-11-16(17-9-6-10-22-17)20-15-8-5-4-7-13(14)15/h4-12H,3H2,1-2H3,(H,19,21)/t12-/m0/s1. The first-order chi connectivity index (χ1) is 10.7. The highest BCUT2D eigenvalue weighted by Crippen LogP contribution is 2.27. The zero-order valence-corrected chi connectivity index (χ0v) is 13.5. The molecule has 0 spiro atoms. The van der Waals surface area contributed by atoms with Gasteiger partial charge in [0.25, 0.3) is 5.91 Å². The summed E-state index contributed by atoms with van der Waals surface area (Å²) in [6, 6.07) is 13.9. The third-order valence-corrected chi connectivity index (χ3v) is 4.62. The van der Waals surface area contributed by atoms with Crippen molar-refractivity contribution in [3.05, 3.63) is 53.4 Å². The molecule has 0 bridgehead atoms. The minimum atomic E-state index is -0.0363. The average Bonchev–Trinajstić information content (AvgIpc) is 3.08. The number of rotatable bonds is 4. The molecule has 0 unspecified atom stereocenters. The molecule has 0 fully saturated rings. The van der Waals surface area contributed by atoms with E-state index in [-0.39, 0.29) is 11.9 Å². The Morgan fingerprint density at radius 1 is 1.27 bits per heavy atom. The van der Waals surface area contributed by atoms with E-state index in [1.165, 1.54) is 0 Å². The van der Waals surface area contributed by atoms with Crippen molar-refractivity contribution in [2.24, 2.45) is 0 Å². The van der Waals surface area contributed by atoms with E-state index in [0.717, 1.165) is 27.9 Å². The Bertz CT molecular complexity index is 796. The Morgan fingerprint density at radius 3 is 2.82 bits per heavy atom. The quantitative estimate of drug-likeness (QED) is 0.771. The SMILES string of the molecule is CC[C@H](C)NC(=O)c1cc(-c2cccs2)nc2ccccc12. The summed E-state index contributed by atoms with van der Waals surface area (Å²) in [4.78, 5) is 18.4. The van der Waals surface area contributed by atoms with E-state index in [4.69, 9.17) is 4.98 Å². The number of benzene rings is 1. The van der Waals surface area contributed by atoms with E-state index in [1.54, 1.807) is 11.3 Å². The van der Waals surface area contributed by atoms with Crippen molar-refractivity contribution in [2.45, 2.75) is 26.3 Å². The molecule has 1 N–H and O–H groups in total. The van der Waals surface area contributed by atoms with Crippen molar-refractivity contribution < 1.29 is 4.79 Å². The van der Waals surface area contributed by atoms with Gasteiger partial charge in [-0.25, -0.2) is 4.98 Å². The number of thiophene rings is 1. The maximum atomic E-state index is 12.6. The normalized spacial score (nSPS) is 12.3. The molecule has 0 aliphatic heterocycles. The van der Waals surface area contributed by atoms with Crippen LogP contribution in [0.5, 0.6) is 0 Å². The summed E-state index contributed by atoms with van der Waals surface area (Å²) < 4.78 is 0. The van der Waals surface area contributed by atoms with Crippen LogP contribution in [0, 0.1) is 0 Å². The minimum Gasteiger partial charge on any atom is -0.350 e. The highest BCUT2D eigenvalue weighted by atomic mass is 32.1. The zero-order valence-electron chi connectivity index (χ0n) is 12.7. The monoisotopic (exact) mass is 310 g/mol. The second-order valence-corrected chi connectivity index (χ2v) is 6.28. The van der Waals surface area contributed by atoms with Gasteiger partial charge in [-0.1, -0.05) is 31.2 Å². The van der Waals surface area contributed by atoms with E-state index in [1.807, 2.05) is 54.8 Å². The Hall–Kier alpha value is -2.20. The molecule has 0 aliphatic carbocycles. The molecule has 4 heteroatoms. The molecule has 3 aromatic rings. The first-order valence-electron chi connectivity index (χ1n) is 7.43. The molecule has 2 heterocycles. The van der Waals surface area contributed by atoms with Crippen LogP contribution in [0.1, 0.15) is 30.6 Å². The van der Waals surface area contributed by atoms with Gasteiger partial charge >= 0.3 is 0 Å². The fourth-order valence-corrected chi connectivity index (χ4v) is 3.00. The number of amides is 1. The van der Waals surface area contributed by atoms with Gasteiger partial charge in [-0.3, -0.25) is 4.79 Å². The van der Waals surface area contributed by atoms with Crippen LogP contribution in [0.4, 0.5) is 0 Å². The van der Waals surface area contributed by atoms with Crippen molar-refractivity contribution in [1.29, 1.82) is 0 Å². The Morgan fingerprint density at radius 2 is 2.09 bits per heavy atom. The van der Waals surface area contributed by atoms with Gasteiger partial charge in [-0.2, -0.15) is 0 Å². The Labute approximate surface area is 134 Å². The lowest BCUT2D eigenvalue weighted by atomic mass is 10.1. The highest BCUT2D eigenvalue weighted by molar-refractivity contribution is 7.13. The number of fused-ring (bicyclic) bond motifs is 1. The van der Waals surface area contributed by atoms with Crippen molar-refractivity contribution in [2.75, 3.05) is 0 Å². The van der Waals surface area contributed by atoms with Gasteiger partial charge in [-0.05, 0) is 36.9 Å². The summed E-state index contributed by atoms with van der Waals surface area (Å²) in [6.07, 6.45) is 0.909. The second kappa shape index (κ2) is 6.28. The molecule has 112 valence electrons. The van der Waals surface area contributed by atoms with Crippen molar-refractivity contribution >= 4 is 28.1 Å². The summed E-state index contributed by atoms with van der Waals surface area (Å²) in [6.45, 7) is 4.08. The van der Waals surface area contributed by atoms with Gasteiger partial charge in [0.15, 0.2) is 0 Å². The summed E-state index contributed by atoms with van der Waals surface area (Å²) in [5.41, 5.74) is 2.39. The number of hydrogen-bond donors (Lipinski definition) is 1. The van der Waals surface area contributed by atoms with Crippen LogP contribution in [0.2, 0.25) is 0 Å². The maximum Gasteiger partial charge on any atom is 0.252 e. The molecule has 3 nitrogen and oxygen atoms in total. The number of hydrogen-bond acceptors (Lipinski definition) is 3. The van der Waals surface area contributed by atoms with E-state index in [0.29, 0.717) is 5.56 Å². The fourth-order valence-electron chi connectivity index (χ4n) is 2.32. The van der Waals surface area contributed by atoms with Gasteiger partial charge in [-0.15, -0.1) is 11.3 Å². The minimum absolute atomic E-state index is 0.0363. The van der Waals surface area contributed by atoms with Gasteiger partial charge in [0.2, 0.25) is 0 Å². The van der Waals surface area contributed by atoms with Crippen LogP contribution in [-0.4, -0.2) is 16.9 Å². The lowest BCUT2D eigenvalue weighted by Crippen LogP contribution is -2.32. The topological polar surface area (TPSA) is 42.0 Å². The van der Waals surface area contributed by atoms with Crippen molar-refractivity contribution in [1.82, 2.24) is 10.3 Å². The molecule has 0 radical (unpaired) electrons. The molecular weight excluding hydrogens is 292 g/mol. The molecule has 0 saturated heterocycles. The average molecular weight is 310 g/mol. The molecule has 1 atom stereocenters. The number of carbonyl (C=O) groups excluding carboxylic acids is 1. The maximum absolute atomic E-state index is 12.6. The van der Waals surface area contributed by atoms with Gasteiger partial charge < -0.3 is 5.32 Å². The number of pyridine rings is 1. The highest BCUT2D eigenvalue weighted by Gasteiger charge is 2.15. The first kappa shape index (κ1) is 14.7. The summed E-state index contributed by atoms with van der Waals surface area (Å²) in [5.74, 6) is -0.0363. The van der Waals surface area contributed by atoms with Gasteiger partial charge in [0, 0.05) is 11.4 Å². The third-order valence-electron chi connectivity index (χ3n) is 3.72. The second-order valence-electron chi connectivity index (χ2n) is 5.33. The van der Waals surface area contributed by atoms with Crippen LogP contribution < -0.4 is 5.32 Å². The number of carbonyl (C=O) groups is 1. The zero-order chi connectivity index (χ0) is 15.5. The van der Waals surface area contributed by atoms with E-state index in [2.05, 4.69) is 12.2 Å². The van der Waals surface area contributed by atoms with Crippen LogP contribution in [-0.2, 0) is 0 Å². The Kier molecular flexibility index (Phi) is 4.20. The van der Waals surface area contributed by atoms with Gasteiger partial charge in [0.05, 0.1) is 21.7 Å². The van der Waals surface area contributed by atoms with E-state index in [9.17, 15) is 4.79 Å². The number of aromatic nitrogens is 1. The molecule has 0 saturated carbocycles. The molecular formula is C18H18N2OS. The van der Waals surface area contributed by atoms with Crippen molar-refractivity contribution in [3.8, 4) is 10.6 Å². The molecule has 0 aliphatic rings. The molecule has 2 aromatic heterocycles. The van der Waals surface area contributed by atoms with Gasteiger partial charge in [0.1, 0.15) is 0 Å². The molecule has 1 amide bonds. The molecule has 1 aromatic carbocycles. The number of nitrogens with one attached hydrogen (secondary N) is 1. The van der Waals surface area contributed by atoms with Crippen LogP contribution in [0.3, 0.4) is 0 Å². The lowest BCUT2D eigenvalue weighted by Gasteiger charge is -2.13. The molecule has 22 heavy (non-hydrogen) atoms. The fraction of sp³-hybridized carbons (Fsp3) is 0.222. The predicted octanol–water partition coefficient (Wildman–Crippen LogP) is 4.49. The smallest absolute Gasteiger partial charge is 0.252 e. The van der Waals surface area contributed by atoms with E-state index < -0.39 is 0 Å². The van der Waals surface area contributed by atoms with Crippen LogP contribution >= 0.6 is 11.3 Å².